The number of benzene rings is 2. The van der Waals surface area contributed by atoms with Crippen molar-refractivity contribution in [3.8, 4) is 22.9 Å². The van der Waals surface area contributed by atoms with Crippen molar-refractivity contribution in [2.45, 2.75) is 6.92 Å². The van der Waals surface area contributed by atoms with Crippen LogP contribution in [0.3, 0.4) is 0 Å². The molecule has 0 spiro atoms. The predicted molar refractivity (Wildman–Crippen MR) is 127 cm³/mol. The van der Waals surface area contributed by atoms with Crippen molar-refractivity contribution in [2.24, 2.45) is 0 Å². The minimum absolute atomic E-state index is 0.0412. The fourth-order valence-electron chi connectivity index (χ4n) is 4.23. The van der Waals surface area contributed by atoms with E-state index in [1.807, 2.05) is 41.3 Å². The summed E-state index contributed by atoms with van der Waals surface area (Å²) in [5, 5.41) is 4.69. The molecule has 0 saturated carbocycles. The zero-order valence-electron chi connectivity index (χ0n) is 18.8. The minimum Gasteiger partial charge on any atom is -0.497 e. The van der Waals surface area contributed by atoms with Gasteiger partial charge in [-0.3, -0.25) is 4.79 Å². The SMILES string of the molecule is COc1ccc(-n2nc(-c3ccco3)cc2C(=O)N2CCN(c3ccccc3C)CC2)cc1. The van der Waals surface area contributed by atoms with Crippen LogP contribution >= 0.6 is 0 Å². The van der Waals surface area contributed by atoms with E-state index in [2.05, 4.69) is 36.1 Å². The molecule has 7 nitrogen and oxygen atoms in total. The van der Waals surface area contributed by atoms with Gasteiger partial charge >= 0.3 is 0 Å². The Morgan fingerprint density at radius 3 is 2.39 bits per heavy atom. The van der Waals surface area contributed by atoms with Crippen molar-refractivity contribution in [3.63, 3.8) is 0 Å². The van der Waals surface area contributed by atoms with Crippen molar-refractivity contribution >= 4 is 11.6 Å². The Kier molecular flexibility index (Phi) is 5.60. The molecule has 1 amide bonds. The van der Waals surface area contributed by atoms with Crippen LogP contribution in [0.4, 0.5) is 5.69 Å². The summed E-state index contributed by atoms with van der Waals surface area (Å²) in [5.41, 5.74) is 4.40. The van der Waals surface area contributed by atoms with E-state index in [-0.39, 0.29) is 5.91 Å². The van der Waals surface area contributed by atoms with Crippen molar-refractivity contribution in [2.75, 3.05) is 38.2 Å². The zero-order valence-corrected chi connectivity index (χ0v) is 18.8. The van der Waals surface area contributed by atoms with Crippen molar-refractivity contribution in [1.82, 2.24) is 14.7 Å². The second-order valence-corrected chi connectivity index (χ2v) is 8.07. The molecular formula is C26H26N4O3. The van der Waals surface area contributed by atoms with Gasteiger partial charge in [-0.05, 0) is 55.0 Å². The van der Waals surface area contributed by atoms with Gasteiger partial charge in [-0.25, -0.2) is 4.68 Å². The van der Waals surface area contributed by atoms with E-state index >= 15 is 0 Å². The lowest BCUT2D eigenvalue weighted by molar-refractivity contribution is 0.0737. The normalized spacial score (nSPS) is 13.9. The number of nitrogens with zero attached hydrogens (tertiary/aromatic N) is 4. The number of carbonyl (C=O) groups is 1. The van der Waals surface area contributed by atoms with Gasteiger partial charge in [0.1, 0.15) is 17.1 Å². The monoisotopic (exact) mass is 442 g/mol. The van der Waals surface area contributed by atoms with Crippen LogP contribution in [-0.2, 0) is 0 Å². The van der Waals surface area contributed by atoms with Crippen LogP contribution < -0.4 is 9.64 Å². The van der Waals surface area contributed by atoms with Crippen LogP contribution in [-0.4, -0.2) is 53.9 Å². The molecule has 0 radical (unpaired) electrons. The summed E-state index contributed by atoms with van der Waals surface area (Å²) >= 11 is 0. The van der Waals surface area contributed by atoms with Gasteiger partial charge in [0, 0.05) is 37.9 Å². The lowest BCUT2D eigenvalue weighted by Crippen LogP contribution is -2.49. The van der Waals surface area contributed by atoms with E-state index in [1.165, 1.54) is 11.3 Å². The number of carbonyl (C=O) groups excluding carboxylic acids is 1. The molecule has 5 rings (SSSR count). The topological polar surface area (TPSA) is 63.7 Å². The van der Waals surface area contributed by atoms with Crippen LogP contribution in [0.5, 0.6) is 5.75 Å². The molecule has 0 unspecified atom stereocenters. The first kappa shape index (κ1) is 20.9. The van der Waals surface area contributed by atoms with E-state index in [0.29, 0.717) is 30.2 Å². The average Bonchev–Trinajstić information content (AvgIpc) is 3.55. The molecule has 0 aliphatic carbocycles. The molecule has 0 bridgehead atoms. The summed E-state index contributed by atoms with van der Waals surface area (Å²) in [6.45, 7) is 5.00. The summed E-state index contributed by atoms with van der Waals surface area (Å²) in [4.78, 5) is 17.8. The molecule has 1 aliphatic heterocycles. The van der Waals surface area contributed by atoms with Crippen LogP contribution in [0, 0.1) is 6.92 Å². The number of aromatic nitrogens is 2. The average molecular weight is 443 g/mol. The third-order valence-corrected chi connectivity index (χ3v) is 6.04. The highest BCUT2D eigenvalue weighted by atomic mass is 16.5. The predicted octanol–water partition coefficient (Wildman–Crippen LogP) is 4.41. The molecule has 33 heavy (non-hydrogen) atoms. The number of hydrogen-bond donors (Lipinski definition) is 0. The van der Waals surface area contributed by atoms with Crippen LogP contribution in [0.25, 0.3) is 17.1 Å². The number of para-hydroxylation sites is 1. The molecule has 0 atom stereocenters. The number of rotatable bonds is 5. The third-order valence-electron chi connectivity index (χ3n) is 6.04. The number of aryl methyl sites for hydroxylation is 1. The molecule has 7 heteroatoms. The van der Waals surface area contributed by atoms with E-state index in [0.717, 1.165) is 24.5 Å². The van der Waals surface area contributed by atoms with Crippen molar-refractivity contribution < 1.29 is 13.9 Å². The van der Waals surface area contributed by atoms with Gasteiger partial charge < -0.3 is 19.0 Å². The van der Waals surface area contributed by atoms with Crippen LogP contribution in [0.1, 0.15) is 16.1 Å². The first-order valence-corrected chi connectivity index (χ1v) is 11.0. The van der Waals surface area contributed by atoms with Gasteiger partial charge in [0.15, 0.2) is 5.76 Å². The maximum atomic E-state index is 13.6. The molecule has 2 aromatic carbocycles. The Hall–Kier alpha value is -4.00. The summed E-state index contributed by atoms with van der Waals surface area (Å²) in [6, 6.07) is 21.3. The zero-order chi connectivity index (χ0) is 22.8. The third kappa shape index (κ3) is 4.09. The van der Waals surface area contributed by atoms with Crippen molar-refractivity contribution in [1.29, 1.82) is 0 Å². The van der Waals surface area contributed by atoms with Crippen molar-refractivity contribution in [3.05, 3.63) is 84.3 Å². The number of anilines is 1. The Balaban J connectivity index is 1.42. The number of hydrogen-bond acceptors (Lipinski definition) is 5. The molecule has 1 aliphatic rings. The van der Waals surface area contributed by atoms with Crippen LogP contribution in [0.2, 0.25) is 0 Å². The Bertz CT molecular complexity index is 1240. The number of amides is 1. The van der Waals surface area contributed by atoms with Gasteiger partial charge in [0.05, 0.1) is 19.1 Å². The molecule has 168 valence electrons. The smallest absolute Gasteiger partial charge is 0.272 e. The Labute approximate surface area is 192 Å². The first-order chi connectivity index (χ1) is 16.1. The van der Waals surface area contributed by atoms with Gasteiger partial charge in [-0.15, -0.1) is 0 Å². The highest BCUT2D eigenvalue weighted by molar-refractivity contribution is 5.94. The number of ether oxygens (including phenoxy) is 1. The highest BCUT2D eigenvalue weighted by Crippen LogP contribution is 2.26. The second kappa shape index (κ2) is 8.86. The molecular weight excluding hydrogens is 416 g/mol. The summed E-state index contributed by atoms with van der Waals surface area (Å²) < 4.78 is 12.5. The van der Waals surface area contributed by atoms with Gasteiger partial charge in [0.25, 0.3) is 5.91 Å². The maximum Gasteiger partial charge on any atom is 0.272 e. The quantitative estimate of drug-likeness (QED) is 0.458. The lowest BCUT2D eigenvalue weighted by Gasteiger charge is -2.36. The van der Waals surface area contributed by atoms with E-state index in [1.54, 1.807) is 24.1 Å². The maximum absolute atomic E-state index is 13.6. The molecule has 0 N–H and O–H groups in total. The number of piperazine rings is 1. The largest absolute Gasteiger partial charge is 0.497 e. The fourth-order valence-corrected chi connectivity index (χ4v) is 4.23. The van der Waals surface area contributed by atoms with Gasteiger partial charge in [-0.2, -0.15) is 5.10 Å². The molecule has 1 fully saturated rings. The molecule has 2 aromatic heterocycles. The number of methoxy groups -OCH3 is 1. The Morgan fingerprint density at radius 2 is 1.73 bits per heavy atom. The fraction of sp³-hybridized carbons (Fsp3) is 0.231. The molecule has 4 aromatic rings. The van der Waals surface area contributed by atoms with Gasteiger partial charge in [-0.1, -0.05) is 18.2 Å². The van der Waals surface area contributed by atoms with Gasteiger partial charge in [0.2, 0.25) is 0 Å². The molecule has 3 heterocycles. The second-order valence-electron chi connectivity index (χ2n) is 8.07. The van der Waals surface area contributed by atoms with E-state index in [4.69, 9.17) is 14.3 Å². The summed E-state index contributed by atoms with van der Waals surface area (Å²) in [6.07, 6.45) is 1.61. The van der Waals surface area contributed by atoms with E-state index in [9.17, 15) is 4.79 Å². The summed E-state index contributed by atoms with van der Waals surface area (Å²) in [7, 11) is 1.63. The molecule has 1 saturated heterocycles. The highest BCUT2D eigenvalue weighted by Gasteiger charge is 2.27. The minimum atomic E-state index is -0.0412. The van der Waals surface area contributed by atoms with E-state index < -0.39 is 0 Å². The van der Waals surface area contributed by atoms with Crippen LogP contribution in [0.15, 0.2) is 77.4 Å². The standard InChI is InChI=1S/C26H26N4O3/c1-19-6-3-4-7-23(19)28-13-15-29(16-14-28)26(31)24-18-22(25-8-5-17-33-25)27-30(24)20-9-11-21(32-2)12-10-20/h3-12,17-18H,13-16H2,1-2H3. The number of furan rings is 1. The lowest BCUT2D eigenvalue weighted by atomic mass is 10.1. The summed E-state index contributed by atoms with van der Waals surface area (Å²) in [5.74, 6) is 1.33. The Morgan fingerprint density at radius 1 is 0.970 bits per heavy atom. The first-order valence-electron chi connectivity index (χ1n) is 11.0.